The molecule has 0 bridgehead atoms. The number of aromatic nitrogens is 1. The van der Waals surface area contributed by atoms with Crippen molar-refractivity contribution >= 4 is 33.0 Å². The van der Waals surface area contributed by atoms with Gasteiger partial charge in [-0.2, -0.15) is 0 Å². The summed E-state index contributed by atoms with van der Waals surface area (Å²) in [6, 6.07) is 12.9. The molecule has 0 unspecified atom stereocenters. The SMILES string of the molecule is COc1ccc(-c2cc(C(F)F)c3c(N)c(C(=O)c4ccc(OC)c(OC)c4)sc3n2)cc1. The molecule has 4 aromatic rings. The molecule has 6 nitrogen and oxygen atoms in total. The van der Waals surface area contributed by atoms with Gasteiger partial charge in [0, 0.05) is 22.1 Å². The molecule has 33 heavy (non-hydrogen) atoms. The van der Waals surface area contributed by atoms with Crippen molar-refractivity contribution in [1.29, 1.82) is 0 Å². The van der Waals surface area contributed by atoms with Crippen LogP contribution in [0.3, 0.4) is 0 Å². The van der Waals surface area contributed by atoms with Crippen LogP contribution in [-0.4, -0.2) is 32.1 Å². The molecule has 170 valence electrons. The van der Waals surface area contributed by atoms with Crippen molar-refractivity contribution in [3.05, 3.63) is 64.5 Å². The number of halogens is 2. The number of hydrogen-bond donors (Lipinski definition) is 1. The van der Waals surface area contributed by atoms with Crippen LogP contribution in [0, 0.1) is 0 Å². The predicted octanol–water partition coefficient (Wildman–Crippen LogP) is 5.74. The largest absolute Gasteiger partial charge is 0.497 e. The molecule has 9 heteroatoms. The molecule has 2 N–H and O–H groups in total. The van der Waals surface area contributed by atoms with Gasteiger partial charge in [-0.1, -0.05) is 0 Å². The number of pyridine rings is 1. The quantitative estimate of drug-likeness (QED) is 0.347. The lowest BCUT2D eigenvalue weighted by Gasteiger charge is -2.09. The molecule has 0 amide bonds. The van der Waals surface area contributed by atoms with Gasteiger partial charge in [0.15, 0.2) is 11.5 Å². The number of rotatable bonds is 7. The van der Waals surface area contributed by atoms with E-state index in [0.29, 0.717) is 34.1 Å². The molecule has 0 saturated heterocycles. The van der Waals surface area contributed by atoms with E-state index in [0.717, 1.165) is 11.3 Å². The summed E-state index contributed by atoms with van der Waals surface area (Å²) in [6.07, 6.45) is -2.80. The standard InChI is InChI=1S/C24H20F2N2O4S/c1-30-14-7-4-12(5-8-14)16-11-15(23(25)26)19-20(27)22(33-24(19)28-16)21(29)13-6-9-17(31-2)18(10-13)32-3/h4-11,23H,27H2,1-3H3. The molecular formula is C24H20F2N2O4S. The van der Waals surface area contributed by atoms with Crippen LogP contribution in [0.1, 0.15) is 27.2 Å². The summed E-state index contributed by atoms with van der Waals surface area (Å²) in [6.45, 7) is 0. The van der Waals surface area contributed by atoms with Gasteiger partial charge in [-0.15, -0.1) is 11.3 Å². The maximum atomic E-state index is 14.0. The summed E-state index contributed by atoms with van der Waals surface area (Å²) in [7, 11) is 4.49. The van der Waals surface area contributed by atoms with E-state index in [9.17, 15) is 13.6 Å². The average Bonchev–Trinajstić information content (AvgIpc) is 3.18. The Hall–Kier alpha value is -3.72. The molecule has 0 radical (unpaired) electrons. The van der Waals surface area contributed by atoms with Gasteiger partial charge >= 0.3 is 0 Å². The smallest absolute Gasteiger partial charge is 0.264 e. The Kier molecular flexibility index (Phi) is 6.15. The Labute approximate surface area is 192 Å². The highest BCUT2D eigenvalue weighted by Gasteiger charge is 2.25. The number of nitrogen functional groups attached to an aromatic ring is 1. The summed E-state index contributed by atoms with van der Waals surface area (Å²) >= 11 is 0.983. The van der Waals surface area contributed by atoms with Gasteiger partial charge in [0.2, 0.25) is 5.78 Å². The number of ether oxygens (including phenoxy) is 3. The number of carbonyl (C=O) groups is 1. The van der Waals surface area contributed by atoms with E-state index in [1.807, 2.05) is 0 Å². The molecule has 0 fully saturated rings. The fourth-order valence-corrected chi connectivity index (χ4v) is 4.60. The number of hydrogen-bond acceptors (Lipinski definition) is 7. The molecule has 0 aliphatic carbocycles. The zero-order valence-electron chi connectivity index (χ0n) is 18.0. The first-order chi connectivity index (χ1) is 15.9. The number of ketones is 1. The summed E-state index contributed by atoms with van der Waals surface area (Å²) in [5.41, 5.74) is 7.21. The minimum Gasteiger partial charge on any atom is -0.497 e. The second-order valence-electron chi connectivity index (χ2n) is 7.05. The number of thiophene rings is 1. The van der Waals surface area contributed by atoms with Crippen molar-refractivity contribution in [1.82, 2.24) is 4.98 Å². The highest BCUT2D eigenvalue weighted by Crippen LogP contribution is 2.42. The zero-order chi connectivity index (χ0) is 23.7. The monoisotopic (exact) mass is 470 g/mol. The fourth-order valence-electron chi connectivity index (χ4n) is 3.51. The van der Waals surface area contributed by atoms with Crippen LogP contribution < -0.4 is 19.9 Å². The average molecular weight is 470 g/mol. The van der Waals surface area contributed by atoms with E-state index in [1.54, 1.807) is 43.5 Å². The number of alkyl halides is 2. The van der Waals surface area contributed by atoms with Crippen LogP contribution in [0.4, 0.5) is 14.5 Å². The number of carbonyl (C=O) groups excluding carboxylic acids is 1. The Morgan fingerprint density at radius 3 is 2.27 bits per heavy atom. The predicted molar refractivity (Wildman–Crippen MR) is 124 cm³/mol. The zero-order valence-corrected chi connectivity index (χ0v) is 18.8. The second-order valence-corrected chi connectivity index (χ2v) is 8.05. The fraction of sp³-hybridized carbons (Fsp3) is 0.167. The van der Waals surface area contributed by atoms with E-state index >= 15 is 0 Å². The Morgan fingerprint density at radius 2 is 1.67 bits per heavy atom. The Balaban J connectivity index is 1.85. The highest BCUT2D eigenvalue weighted by atomic mass is 32.1. The van der Waals surface area contributed by atoms with Gasteiger partial charge in [-0.05, 0) is 48.5 Å². The van der Waals surface area contributed by atoms with Gasteiger partial charge in [-0.25, -0.2) is 13.8 Å². The third-order valence-corrected chi connectivity index (χ3v) is 6.30. The van der Waals surface area contributed by atoms with E-state index in [2.05, 4.69) is 4.98 Å². The van der Waals surface area contributed by atoms with Gasteiger partial charge in [-0.3, -0.25) is 4.79 Å². The molecule has 0 saturated carbocycles. The van der Waals surface area contributed by atoms with Crippen molar-refractivity contribution in [3.63, 3.8) is 0 Å². The van der Waals surface area contributed by atoms with Crippen molar-refractivity contribution in [2.75, 3.05) is 27.1 Å². The highest BCUT2D eigenvalue weighted by molar-refractivity contribution is 7.21. The molecule has 2 heterocycles. The van der Waals surface area contributed by atoms with Crippen molar-refractivity contribution < 1.29 is 27.8 Å². The first-order valence-corrected chi connectivity index (χ1v) is 10.6. The number of anilines is 1. The van der Waals surface area contributed by atoms with Crippen molar-refractivity contribution in [2.45, 2.75) is 6.43 Å². The van der Waals surface area contributed by atoms with Crippen LogP contribution in [0.5, 0.6) is 17.2 Å². The number of nitrogens with zero attached hydrogens (tertiary/aromatic N) is 1. The van der Waals surface area contributed by atoms with E-state index < -0.39 is 12.2 Å². The Morgan fingerprint density at radius 1 is 0.970 bits per heavy atom. The molecule has 0 aliphatic rings. The number of nitrogens with two attached hydrogens (primary N) is 1. The molecule has 4 rings (SSSR count). The first kappa shape index (κ1) is 22.5. The molecule has 0 spiro atoms. The second kappa shape index (κ2) is 9.03. The van der Waals surface area contributed by atoms with Crippen LogP contribution >= 0.6 is 11.3 Å². The first-order valence-electron chi connectivity index (χ1n) is 9.80. The van der Waals surface area contributed by atoms with Crippen LogP contribution in [-0.2, 0) is 0 Å². The summed E-state index contributed by atoms with van der Waals surface area (Å²) < 4.78 is 43.6. The van der Waals surface area contributed by atoms with E-state index in [1.165, 1.54) is 26.4 Å². The van der Waals surface area contributed by atoms with Gasteiger partial charge in [0.25, 0.3) is 6.43 Å². The van der Waals surface area contributed by atoms with Crippen molar-refractivity contribution in [3.8, 4) is 28.5 Å². The van der Waals surface area contributed by atoms with E-state index in [4.69, 9.17) is 19.9 Å². The van der Waals surface area contributed by atoms with E-state index in [-0.39, 0.29) is 26.3 Å². The topological polar surface area (TPSA) is 83.7 Å². The summed E-state index contributed by atoms with van der Waals surface area (Å²) in [4.78, 5) is 18.1. The van der Waals surface area contributed by atoms with Crippen molar-refractivity contribution in [2.24, 2.45) is 0 Å². The van der Waals surface area contributed by atoms with Gasteiger partial charge < -0.3 is 19.9 Å². The molecule has 2 aromatic heterocycles. The summed E-state index contributed by atoms with van der Waals surface area (Å²) in [5, 5.41) is 0.0936. The maximum absolute atomic E-state index is 14.0. The molecule has 2 aromatic carbocycles. The van der Waals surface area contributed by atoms with Gasteiger partial charge in [0.1, 0.15) is 15.5 Å². The Bertz CT molecular complexity index is 1340. The number of methoxy groups -OCH3 is 3. The third-order valence-electron chi connectivity index (χ3n) is 5.20. The maximum Gasteiger partial charge on any atom is 0.264 e. The minimum atomic E-state index is -2.80. The van der Waals surface area contributed by atoms with Gasteiger partial charge in [0.05, 0.1) is 32.7 Å². The van der Waals surface area contributed by atoms with Crippen LogP contribution in [0.15, 0.2) is 48.5 Å². The lowest BCUT2D eigenvalue weighted by molar-refractivity contribution is 0.104. The number of benzene rings is 2. The third kappa shape index (κ3) is 4.07. The van der Waals surface area contributed by atoms with Crippen LogP contribution in [0.2, 0.25) is 0 Å². The molecular weight excluding hydrogens is 450 g/mol. The normalized spacial score (nSPS) is 11.1. The lowest BCUT2D eigenvalue weighted by atomic mass is 10.0. The number of fused-ring (bicyclic) bond motifs is 1. The molecule has 0 aliphatic heterocycles. The minimum absolute atomic E-state index is 0.0149. The lowest BCUT2D eigenvalue weighted by Crippen LogP contribution is -2.03. The van der Waals surface area contributed by atoms with Crippen LogP contribution in [0.25, 0.3) is 21.5 Å². The molecule has 0 atom stereocenters. The summed E-state index contributed by atoms with van der Waals surface area (Å²) in [5.74, 6) is 1.06.